The average molecular weight is 357 g/mol. The van der Waals surface area contributed by atoms with Crippen LogP contribution in [0.5, 0.6) is 0 Å². The van der Waals surface area contributed by atoms with Crippen molar-refractivity contribution in [2.24, 2.45) is 0 Å². The van der Waals surface area contributed by atoms with Crippen LogP contribution in [0.2, 0.25) is 18.1 Å². The largest absolute Gasteiger partial charge is 0.414 e. The fraction of sp³-hybridized carbons (Fsp3) is 1.00. The van der Waals surface area contributed by atoms with E-state index in [9.17, 15) is 0 Å². The van der Waals surface area contributed by atoms with Crippen molar-refractivity contribution < 1.29 is 4.43 Å². The molecule has 0 saturated carbocycles. The van der Waals surface area contributed by atoms with Gasteiger partial charge in [-0.3, -0.25) is 0 Å². The molecular weight excluding hydrogens is 308 g/mol. The van der Waals surface area contributed by atoms with Crippen LogP contribution in [-0.4, -0.2) is 14.4 Å². The maximum Gasteiger partial charge on any atom is 0.192 e. The molecule has 24 heavy (non-hydrogen) atoms. The summed E-state index contributed by atoms with van der Waals surface area (Å²) >= 11 is 0. The molecule has 1 nitrogen and oxygen atoms in total. The molecule has 0 bridgehead atoms. The SMILES string of the molecule is CCCCCCCCCCCC(CCCC)O[Si](C)(C)C(C)(C)C. The smallest absolute Gasteiger partial charge is 0.192 e. The molecule has 2 heteroatoms. The lowest BCUT2D eigenvalue weighted by Crippen LogP contribution is -2.44. The second-order valence-corrected chi connectivity index (χ2v) is 14.0. The van der Waals surface area contributed by atoms with Gasteiger partial charge in [0.15, 0.2) is 8.32 Å². The highest BCUT2D eigenvalue weighted by molar-refractivity contribution is 6.74. The average Bonchev–Trinajstić information content (AvgIpc) is 2.49. The van der Waals surface area contributed by atoms with Crippen LogP contribution in [-0.2, 0) is 4.43 Å². The first-order chi connectivity index (χ1) is 11.2. The normalized spacial score (nSPS) is 14.1. The molecule has 0 amide bonds. The molecule has 146 valence electrons. The van der Waals surface area contributed by atoms with Gasteiger partial charge in [0.25, 0.3) is 0 Å². The minimum Gasteiger partial charge on any atom is -0.414 e. The zero-order valence-electron chi connectivity index (χ0n) is 18.2. The molecule has 0 aliphatic carbocycles. The maximum absolute atomic E-state index is 6.72. The molecule has 0 saturated heterocycles. The number of rotatable bonds is 15. The van der Waals surface area contributed by atoms with E-state index < -0.39 is 8.32 Å². The van der Waals surface area contributed by atoms with E-state index in [0.717, 1.165) is 0 Å². The van der Waals surface area contributed by atoms with Gasteiger partial charge >= 0.3 is 0 Å². The van der Waals surface area contributed by atoms with Crippen molar-refractivity contribution in [2.75, 3.05) is 0 Å². The Bertz CT molecular complexity index is 280. The van der Waals surface area contributed by atoms with E-state index in [1.165, 1.54) is 83.5 Å². The lowest BCUT2D eigenvalue weighted by atomic mass is 10.0. The van der Waals surface area contributed by atoms with E-state index in [1.807, 2.05) is 0 Å². The van der Waals surface area contributed by atoms with Crippen molar-refractivity contribution in [3.8, 4) is 0 Å². The summed E-state index contributed by atoms with van der Waals surface area (Å²) in [4.78, 5) is 0. The molecule has 0 rings (SSSR count). The Hall–Kier alpha value is 0.177. The second kappa shape index (κ2) is 13.4. The number of hydrogen-bond donors (Lipinski definition) is 0. The first-order valence-corrected chi connectivity index (χ1v) is 13.8. The lowest BCUT2D eigenvalue weighted by molar-refractivity contribution is 0.155. The van der Waals surface area contributed by atoms with Gasteiger partial charge in [-0.1, -0.05) is 105 Å². The summed E-state index contributed by atoms with van der Waals surface area (Å²) in [6.45, 7) is 16.5. The van der Waals surface area contributed by atoms with Crippen LogP contribution in [0.15, 0.2) is 0 Å². The molecule has 0 aliphatic heterocycles. The standard InChI is InChI=1S/C22H48OSi/c1-8-10-12-13-14-15-16-17-18-20-21(19-11-9-2)23-24(6,7)22(3,4)5/h21H,8-20H2,1-7H3. The Morgan fingerprint density at radius 1 is 0.667 bits per heavy atom. The molecule has 0 aromatic carbocycles. The van der Waals surface area contributed by atoms with Crippen molar-refractivity contribution in [3.05, 3.63) is 0 Å². The number of unbranched alkanes of at least 4 members (excludes halogenated alkanes) is 9. The highest BCUT2D eigenvalue weighted by Crippen LogP contribution is 2.38. The summed E-state index contributed by atoms with van der Waals surface area (Å²) in [7, 11) is -1.61. The van der Waals surface area contributed by atoms with E-state index in [1.54, 1.807) is 0 Å². The minimum absolute atomic E-state index is 0.329. The van der Waals surface area contributed by atoms with Gasteiger partial charge in [0.1, 0.15) is 0 Å². The summed E-state index contributed by atoms with van der Waals surface area (Å²) in [5.74, 6) is 0. The van der Waals surface area contributed by atoms with Gasteiger partial charge in [-0.05, 0) is 31.0 Å². The predicted molar refractivity (Wildman–Crippen MR) is 113 cm³/mol. The van der Waals surface area contributed by atoms with Gasteiger partial charge in [0.2, 0.25) is 0 Å². The molecule has 0 aromatic heterocycles. The van der Waals surface area contributed by atoms with Gasteiger partial charge in [-0.25, -0.2) is 0 Å². The Kier molecular flexibility index (Phi) is 13.5. The van der Waals surface area contributed by atoms with Crippen molar-refractivity contribution in [3.63, 3.8) is 0 Å². The van der Waals surface area contributed by atoms with Crippen LogP contribution < -0.4 is 0 Å². The van der Waals surface area contributed by atoms with Crippen LogP contribution in [0.1, 0.15) is 118 Å². The lowest BCUT2D eigenvalue weighted by Gasteiger charge is -2.39. The van der Waals surface area contributed by atoms with Crippen molar-refractivity contribution in [1.29, 1.82) is 0 Å². The summed E-state index contributed by atoms with van der Waals surface area (Å²) in [6, 6.07) is 0. The van der Waals surface area contributed by atoms with Crippen molar-refractivity contribution in [2.45, 2.75) is 142 Å². The van der Waals surface area contributed by atoms with Crippen LogP contribution in [0, 0.1) is 0 Å². The molecule has 0 spiro atoms. The Morgan fingerprint density at radius 3 is 1.54 bits per heavy atom. The van der Waals surface area contributed by atoms with Crippen LogP contribution in [0.4, 0.5) is 0 Å². The number of hydrogen-bond acceptors (Lipinski definition) is 1. The monoisotopic (exact) mass is 356 g/mol. The van der Waals surface area contributed by atoms with E-state index in [-0.39, 0.29) is 0 Å². The Labute approximate surface area is 155 Å². The summed E-state index contributed by atoms with van der Waals surface area (Å²) in [6.07, 6.45) is 18.4. The third-order valence-corrected chi connectivity index (χ3v) is 10.3. The highest BCUT2D eigenvalue weighted by atomic mass is 28.4. The van der Waals surface area contributed by atoms with E-state index >= 15 is 0 Å². The molecule has 0 radical (unpaired) electrons. The molecule has 0 aliphatic rings. The molecule has 1 atom stereocenters. The molecule has 0 heterocycles. The molecular formula is C22H48OSi. The van der Waals surface area contributed by atoms with Crippen molar-refractivity contribution >= 4 is 8.32 Å². The molecule has 1 unspecified atom stereocenters. The van der Waals surface area contributed by atoms with E-state index in [2.05, 4.69) is 47.7 Å². The quantitative estimate of drug-likeness (QED) is 0.211. The van der Waals surface area contributed by atoms with Crippen LogP contribution in [0.3, 0.4) is 0 Å². The van der Waals surface area contributed by atoms with Gasteiger partial charge < -0.3 is 4.43 Å². The Morgan fingerprint density at radius 2 is 1.08 bits per heavy atom. The fourth-order valence-electron chi connectivity index (χ4n) is 2.97. The van der Waals surface area contributed by atoms with Gasteiger partial charge in [0.05, 0.1) is 0 Å². The summed E-state index contributed by atoms with van der Waals surface area (Å²) < 4.78 is 6.72. The topological polar surface area (TPSA) is 9.23 Å². The predicted octanol–water partition coefficient (Wildman–Crippen LogP) is 8.49. The van der Waals surface area contributed by atoms with E-state index in [0.29, 0.717) is 11.1 Å². The first-order valence-electron chi connectivity index (χ1n) is 10.9. The molecule has 0 aromatic rings. The van der Waals surface area contributed by atoms with E-state index in [4.69, 9.17) is 4.43 Å². The van der Waals surface area contributed by atoms with Crippen LogP contribution >= 0.6 is 0 Å². The van der Waals surface area contributed by atoms with Gasteiger partial charge in [-0.2, -0.15) is 0 Å². The Balaban J connectivity index is 3.99. The second-order valence-electron chi connectivity index (χ2n) is 9.26. The fourth-order valence-corrected chi connectivity index (χ4v) is 4.39. The molecule has 0 fully saturated rings. The molecule has 0 N–H and O–H groups in total. The summed E-state index contributed by atoms with van der Waals surface area (Å²) in [5.41, 5.74) is 0. The van der Waals surface area contributed by atoms with Gasteiger partial charge in [-0.15, -0.1) is 0 Å². The van der Waals surface area contributed by atoms with Crippen LogP contribution in [0.25, 0.3) is 0 Å². The summed E-state index contributed by atoms with van der Waals surface area (Å²) in [5, 5.41) is 0.329. The minimum atomic E-state index is -1.61. The third-order valence-electron chi connectivity index (χ3n) is 5.78. The maximum atomic E-state index is 6.72. The zero-order chi connectivity index (χ0) is 18.5. The highest BCUT2D eigenvalue weighted by Gasteiger charge is 2.38. The first kappa shape index (κ1) is 24.2. The third kappa shape index (κ3) is 11.7. The zero-order valence-corrected chi connectivity index (χ0v) is 19.2. The van der Waals surface area contributed by atoms with Crippen molar-refractivity contribution in [1.82, 2.24) is 0 Å². The van der Waals surface area contributed by atoms with Gasteiger partial charge in [0, 0.05) is 6.10 Å².